The minimum atomic E-state index is -0.774. The van der Waals surface area contributed by atoms with Gasteiger partial charge in [0, 0.05) is 32.4 Å². The highest BCUT2D eigenvalue weighted by atomic mass is 16.6. The highest BCUT2D eigenvalue weighted by Crippen LogP contribution is 2.24. The zero-order valence-corrected chi connectivity index (χ0v) is 22.8. The summed E-state index contributed by atoms with van der Waals surface area (Å²) in [5.41, 5.74) is 3.79. The third-order valence-corrected chi connectivity index (χ3v) is 6.10. The average molecular weight is 546 g/mol. The van der Waals surface area contributed by atoms with Gasteiger partial charge in [-0.25, -0.2) is 14.6 Å². The number of oxazole rings is 2. The molecule has 4 aromatic rings. The second-order valence-corrected chi connectivity index (χ2v) is 10.5. The van der Waals surface area contributed by atoms with Crippen molar-refractivity contribution in [3.05, 3.63) is 76.9 Å². The molecular weight excluding hydrogens is 514 g/mol. The summed E-state index contributed by atoms with van der Waals surface area (Å²) in [6.07, 6.45) is 2.53. The maximum Gasteiger partial charge on any atom is 0.419 e. The Kier molecular flexibility index (Phi) is 8.38. The molecule has 2 N–H and O–H groups in total. The van der Waals surface area contributed by atoms with Gasteiger partial charge >= 0.3 is 11.8 Å². The Balaban J connectivity index is 1.38. The predicted molar refractivity (Wildman–Crippen MR) is 146 cm³/mol. The van der Waals surface area contributed by atoms with Crippen LogP contribution in [-0.4, -0.2) is 39.2 Å². The molecule has 2 heterocycles. The fourth-order valence-corrected chi connectivity index (χ4v) is 4.22. The largest absolute Gasteiger partial charge is 0.451 e. The smallest absolute Gasteiger partial charge is 0.419 e. The van der Waals surface area contributed by atoms with Crippen molar-refractivity contribution in [2.45, 2.75) is 57.7 Å². The standard InChI is InChI=1S/C29H31N5O6/c1-29(2,3)40-27(36)33-21(13-23-16-38-17-31-23)14-26(35)32-22(15-30)11-18-5-7-19(8-6-18)20-9-10-25-24(12-20)34(4)28(37)39-25/h5-10,12,16-17,21-22H,11,13-14H2,1-4H3,(H,32,35)(H,33,36)/t21?,22-/m0/s1. The summed E-state index contributed by atoms with van der Waals surface area (Å²) in [5.74, 6) is -0.816. The minimum Gasteiger partial charge on any atom is -0.451 e. The average Bonchev–Trinajstić information content (AvgIpc) is 3.50. The van der Waals surface area contributed by atoms with Crippen LogP contribution in [0, 0.1) is 11.3 Å². The zero-order valence-electron chi connectivity index (χ0n) is 22.8. The fraction of sp³-hybridized carbons (Fsp3) is 0.345. The van der Waals surface area contributed by atoms with Crippen LogP contribution in [0.25, 0.3) is 22.2 Å². The zero-order chi connectivity index (χ0) is 28.9. The number of nitriles is 1. The van der Waals surface area contributed by atoms with Crippen LogP contribution < -0.4 is 16.4 Å². The van der Waals surface area contributed by atoms with Gasteiger partial charge in [-0.15, -0.1) is 0 Å². The summed E-state index contributed by atoms with van der Waals surface area (Å²) in [4.78, 5) is 41.0. The number of aryl methyl sites for hydroxylation is 1. The Morgan fingerprint density at radius 3 is 2.48 bits per heavy atom. The molecule has 2 aromatic heterocycles. The number of hydrogen-bond acceptors (Lipinski definition) is 8. The molecule has 0 fully saturated rings. The Hall–Kier alpha value is -4.85. The van der Waals surface area contributed by atoms with Gasteiger partial charge in [-0.3, -0.25) is 9.36 Å². The highest BCUT2D eigenvalue weighted by Gasteiger charge is 2.23. The number of aromatic nitrogens is 2. The summed E-state index contributed by atoms with van der Waals surface area (Å²) >= 11 is 0. The molecule has 2 amide bonds. The van der Waals surface area contributed by atoms with E-state index in [1.807, 2.05) is 36.4 Å². The van der Waals surface area contributed by atoms with Crippen LogP contribution >= 0.6 is 0 Å². The van der Waals surface area contributed by atoms with Crippen molar-refractivity contribution < 1.29 is 23.2 Å². The summed E-state index contributed by atoms with van der Waals surface area (Å²) in [6.45, 7) is 5.24. The maximum absolute atomic E-state index is 12.9. The van der Waals surface area contributed by atoms with Crippen LogP contribution in [-0.2, 0) is 29.4 Å². The molecule has 0 radical (unpaired) electrons. The molecule has 4 rings (SSSR count). The number of fused-ring (bicyclic) bond motifs is 1. The van der Waals surface area contributed by atoms with Crippen molar-refractivity contribution in [1.82, 2.24) is 20.2 Å². The number of alkyl carbamates (subject to hydrolysis) is 1. The van der Waals surface area contributed by atoms with Crippen molar-refractivity contribution in [2.24, 2.45) is 7.05 Å². The lowest BCUT2D eigenvalue weighted by atomic mass is 10.0. The molecule has 208 valence electrons. The van der Waals surface area contributed by atoms with Crippen molar-refractivity contribution in [1.29, 1.82) is 5.26 Å². The number of nitrogens with zero attached hydrogens (tertiary/aromatic N) is 3. The quantitative estimate of drug-likeness (QED) is 0.322. The number of rotatable bonds is 9. The first-order valence-electron chi connectivity index (χ1n) is 12.7. The SMILES string of the molecule is Cn1c(=O)oc2ccc(-c3ccc(C[C@@H](C#N)NC(=O)CC(Cc4cocn4)NC(=O)OC(C)(C)C)cc3)cc21. The van der Waals surface area contributed by atoms with E-state index in [9.17, 15) is 19.6 Å². The first-order valence-corrected chi connectivity index (χ1v) is 12.7. The molecule has 0 saturated carbocycles. The summed E-state index contributed by atoms with van der Waals surface area (Å²) in [6, 6.07) is 13.9. The third kappa shape index (κ3) is 7.38. The van der Waals surface area contributed by atoms with Crippen molar-refractivity contribution in [2.75, 3.05) is 0 Å². The van der Waals surface area contributed by atoms with Crippen LogP contribution in [0.5, 0.6) is 0 Å². The van der Waals surface area contributed by atoms with E-state index in [1.165, 1.54) is 17.2 Å². The summed E-state index contributed by atoms with van der Waals surface area (Å²) in [5, 5.41) is 15.2. The number of carbonyl (C=O) groups excluding carboxylic acids is 2. The molecule has 2 atom stereocenters. The second-order valence-electron chi connectivity index (χ2n) is 10.5. The van der Waals surface area contributed by atoms with Crippen molar-refractivity contribution in [3.8, 4) is 17.2 Å². The molecule has 0 aliphatic rings. The number of ether oxygens (including phenoxy) is 1. The number of hydrogen-bond donors (Lipinski definition) is 2. The van der Waals surface area contributed by atoms with E-state index >= 15 is 0 Å². The molecule has 0 bridgehead atoms. The number of nitrogens with one attached hydrogen (secondary N) is 2. The molecule has 1 unspecified atom stereocenters. The lowest BCUT2D eigenvalue weighted by Crippen LogP contribution is -2.44. The Morgan fingerprint density at radius 2 is 1.82 bits per heavy atom. The van der Waals surface area contributed by atoms with Gasteiger partial charge in [-0.2, -0.15) is 5.26 Å². The first-order chi connectivity index (χ1) is 19.0. The van der Waals surface area contributed by atoms with Gasteiger partial charge in [0.25, 0.3) is 0 Å². The number of amides is 2. The fourth-order valence-electron chi connectivity index (χ4n) is 4.22. The van der Waals surface area contributed by atoms with E-state index in [4.69, 9.17) is 13.6 Å². The van der Waals surface area contributed by atoms with Gasteiger partial charge < -0.3 is 24.2 Å². The van der Waals surface area contributed by atoms with Crippen LogP contribution in [0.1, 0.15) is 38.4 Å². The molecule has 0 spiro atoms. The lowest BCUT2D eigenvalue weighted by molar-refractivity contribution is -0.121. The summed E-state index contributed by atoms with van der Waals surface area (Å²) < 4.78 is 17.0. The van der Waals surface area contributed by atoms with Crippen molar-refractivity contribution in [3.63, 3.8) is 0 Å². The van der Waals surface area contributed by atoms with Crippen LogP contribution in [0.2, 0.25) is 0 Å². The van der Waals surface area contributed by atoms with E-state index in [0.29, 0.717) is 23.2 Å². The Morgan fingerprint density at radius 1 is 1.10 bits per heavy atom. The molecular formula is C29H31N5O6. The van der Waals surface area contributed by atoms with Crippen molar-refractivity contribution >= 4 is 23.1 Å². The third-order valence-electron chi connectivity index (χ3n) is 6.10. The van der Waals surface area contributed by atoms with Gasteiger partial charge in [-0.05, 0) is 49.6 Å². The van der Waals surface area contributed by atoms with Crippen LogP contribution in [0.15, 0.2) is 68.8 Å². The van der Waals surface area contributed by atoms with Crippen LogP contribution in [0.4, 0.5) is 4.79 Å². The molecule has 2 aromatic carbocycles. The second kappa shape index (κ2) is 11.9. The van der Waals surface area contributed by atoms with Gasteiger partial charge in [-0.1, -0.05) is 30.3 Å². The maximum atomic E-state index is 12.9. The predicted octanol–water partition coefficient (Wildman–Crippen LogP) is 3.86. The topological polar surface area (TPSA) is 152 Å². The van der Waals surface area contributed by atoms with Gasteiger partial charge in [0.1, 0.15) is 17.9 Å². The lowest BCUT2D eigenvalue weighted by Gasteiger charge is -2.23. The monoisotopic (exact) mass is 545 g/mol. The van der Waals surface area contributed by atoms with E-state index in [2.05, 4.69) is 21.7 Å². The molecule has 40 heavy (non-hydrogen) atoms. The molecule has 0 saturated heterocycles. The van der Waals surface area contributed by atoms with Gasteiger partial charge in [0.05, 0.1) is 17.3 Å². The number of carbonyl (C=O) groups is 2. The van der Waals surface area contributed by atoms with E-state index in [1.54, 1.807) is 33.9 Å². The van der Waals surface area contributed by atoms with E-state index in [0.717, 1.165) is 16.7 Å². The highest BCUT2D eigenvalue weighted by molar-refractivity contribution is 5.81. The van der Waals surface area contributed by atoms with E-state index < -0.39 is 35.4 Å². The Bertz CT molecular complexity index is 1570. The summed E-state index contributed by atoms with van der Waals surface area (Å²) in [7, 11) is 1.65. The van der Waals surface area contributed by atoms with Crippen LogP contribution in [0.3, 0.4) is 0 Å². The van der Waals surface area contributed by atoms with Gasteiger partial charge in [0.15, 0.2) is 12.0 Å². The number of benzene rings is 2. The van der Waals surface area contributed by atoms with Gasteiger partial charge in [0.2, 0.25) is 5.91 Å². The van der Waals surface area contributed by atoms with E-state index in [-0.39, 0.29) is 12.8 Å². The normalized spacial score (nSPS) is 12.9. The molecule has 0 aliphatic carbocycles. The Labute approximate surface area is 230 Å². The first kappa shape index (κ1) is 28.2. The molecule has 11 heteroatoms. The molecule has 11 nitrogen and oxygen atoms in total. The molecule has 0 aliphatic heterocycles. The minimum absolute atomic E-state index is 0.0811.